The Hall–Kier alpha value is -2.58. The first-order valence-electron chi connectivity index (χ1n) is 7.03. The van der Waals surface area contributed by atoms with Crippen LogP contribution in [-0.2, 0) is 14.8 Å². The number of amides is 1. The smallest absolute Gasteiger partial charge is 0.241 e. The molecule has 0 atom stereocenters. The summed E-state index contributed by atoms with van der Waals surface area (Å²) in [5.74, 6) is 0.451. The van der Waals surface area contributed by atoms with Gasteiger partial charge in [-0.2, -0.15) is 0 Å². The Morgan fingerprint density at radius 1 is 1.04 bits per heavy atom. The van der Waals surface area contributed by atoms with E-state index in [1.807, 2.05) is 0 Å². The SMILES string of the molecule is COc1ccc(OC)c(NC(=O)CNS(=O)(=O)c2ccccc2)c1. The molecule has 0 aliphatic heterocycles. The number of ether oxygens (including phenoxy) is 2. The Kier molecular flexibility index (Phi) is 5.78. The topological polar surface area (TPSA) is 93.7 Å². The summed E-state index contributed by atoms with van der Waals surface area (Å²) in [4.78, 5) is 12.1. The van der Waals surface area contributed by atoms with Crippen LogP contribution >= 0.6 is 0 Å². The highest BCUT2D eigenvalue weighted by Crippen LogP contribution is 2.28. The number of hydrogen-bond acceptors (Lipinski definition) is 5. The molecule has 0 saturated carbocycles. The van der Waals surface area contributed by atoms with E-state index in [-0.39, 0.29) is 4.90 Å². The average molecular weight is 350 g/mol. The van der Waals surface area contributed by atoms with Gasteiger partial charge >= 0.3 is 0 Å². The van der Waals surface area contributed by atoms with Gasteiger partial charge in [0, 0.05) is 6.07 Å². The lowest BCUT2D eigenvalue weighted by molar-refractivity contribution is -0.115. The predicted molar refractivity (Wildman–Crippen MR) is 89.8 cm³/mol. The van der Waals surface area contributed by atoms with Crippen LogP contribution in [0.5, 0.6) is 11.5 Å². The summed E-state index contributed by atoms with van der Waals surface area (Å²) in [6.07, 6.45) is 0. The summed E-state index contributed by atoms with van der Waals surface area (Å²) in [5.41, 5.74) is 0.390. The summed E-state index contributed by atoms with van der Waals surface area (Å²) in [6.45, 7) is -0.405. The molecule has 0 radical (unpaired) electrons. The number of nitrogens with one attached hydrogen (secondary N) is 2. The van der Waals surface area contributed by atoms with Gasteiger partial charge < -0.3 is 14.8 Å². The van der Waals surface area contributed by atoms with Crippen molar-refractivity contribution < 1.29 is 22.7 Å². The van der Waals surface area contributed by atoms with Crippen LogP contribution < -0.4 is 19.5 Å². The van der Waals surface area contributed by atoms with Crippen LogP contribution in [0.4, 0.5) is 5.69 Å². The average Bonchev–Trinajstić information content (AvgIpc) is 2.60. The predicted octanol–water partition coefficient (Wildman–Crippen LogP) is 1.62. The summed E-state index contributed by atoms with van der Waals surface area (Å²) in [6, 6.07) is 12.7. The van der Waals surface area contributed by atoms with Gasteiger partial charge in [-0.15, -0.1) is 0 Å². The van der Waals surface area contributed by atoms with Crippen LogP contribution in [0.1, 0.15) is 0 Å². The van der Waals surface area contributed by atoms with Crippen LogP contribution in [0.15, 0.2) is 53.4 Å². The van der Waals surface area contributed by atoms with Crippen molar-refractivity contribution in [2.24, 2.45) is 0 Å². The minimum Gasteiger partial charge on any atom is -0.497 e. The van der Waals surface area contributed by atoms with Crippen LogP contribution in [0.25, 0.3) is 0 Å². The van der Waals surface area contributed by atoms with E-state index in [4.69, 9.17) is 9.47 Å². The highest BCUT2D eigenvalue weighted by atomic mass is 32.2. The maximum Gasteiger partial charge on any atom is 0.241 e. The molecule has 2 rings (SSSR count). The fourth-order valence-electron chi connectivity index (χ4n) is 1.95. The summed E-state index contributed by atoms with van der Waals surface area (Å²) >= 11 is 0. The molecule has 0 fully saturated rings. The maximum absolute atomic E-state index is 12.1. The van der Waals surface area contributed by atoms with Crippen molar-refractivity contribution in [3.8, 4) is 11.5 Å². The van der Waals surface area contributed by atoms with Crippen molar-refractivity contribution >= 4 is 21.6 Å². The van der Waals surface area contributed by atoms with E-state index in [1.54, 1.807) is 36.4 Å². The van der Waals surface area contributed by atoms with E-state index in [1.165, 1.54) is 26.4 Å². The second kappa shape index (κ2) is 7.80. The number of benzene rings is 2. The molecule has 0 spiro atoms. The van der Waals surface area contributed by atoms with E-state index < -0.39 is 22.5 Å². The van der Waals surface area contributed by atoms with Crippen molar-refractivity contribution in [3.05, 3.63) is 48.5 Å². The third-order valence-corrected chi connectivity index (χ3v) is 4.57. The van der Waals surface area contributed by atoms with Crippen LogP contribution in [-0.4, -0.2) is 35.1 Å². The van der Waals surface area contributed by atoms with Gasteiger partial charge in [-0.1, -0.05) is 18.2 Å². The largest absolute Gasteiger partial charge is 0.497 e. The normalized spacial score (nSPS) is 10.9. The molecular formula is C16H18N2O5S. The van der Waals surface area contributed by atoms with Crippen molar-refractivity contribution in [3.63, 3.8) is 0 Å². The number of carbonyl (C=O) groups excluding carboxylic acids is 1. The first-order valence-corrected chi connectivity index (χ1v) is 8.51. The number of carbonyl (C=O) groups is 1. The van der Waals surface area contributed by atoms with Gasteiger partial charge in [0.1, 0.15) is 11.5 Å². The zero-order chi connectivity index (χ0) is 17.6. The molecule has 0 saturated heterocycles. The first kappa shape index (κ1) is 17.8. The molecular weight excluding hydrogens is 332 g/mol. The summed E-state index contributed by atoms with van der Waals surface area (Å²) in [5, 5.41) is 2.59. The fraction of sp³-hybridized carbons (Fsp3) is 0.188. The molecule has 0 heterocycles. The molecule has 7 nitrogen and oxygen atoms in total. The lowest BCUT2D eigenvalue weighted by Gasteiger charge is -2.12. The third kappa shape index (κ3) is 4.46. The molecule has 2 N–H and O–H groups in total. The molecule has 2 aromatic carbocycles. The van der Waals surface area contributed by atoms with Gasteiger partial charge in [-0.3, -0.25) is 4.79 Å². The second-order valence-corrected chi connectivity index (χ2v) is 6.52. The Labute approximate surface area is 140 Å². The molecule has 0 bridgehead atoms. The lowest BCUT2D eigenvalue weighted by atomic mass is 10.2. The Bertz CT molecular complexity index is 806. The van der Waals surface area contributed by atoms with E-state index in [9.17, 15) is 13.2 Å². The van der Waals surface area contributed by atoms with Crippen molar-refractivity contribution in [1.82, 2.24) is 4.72 Å². The zero-order valence-corrected chi connectivity index (χ0v) is 14.1. The number of sulfonamides is 1. The van der Waals surface area contributed by atoms with E-state index in [0.29, 0.717) is 17.2 Å². The van der Waals surface area contributed by atoms with Gasteiger partial charge in [-0.25, -0.2) is 13.1 Å². The molecule has 1 amide bonds. The second-order valence-electron chi connectivity index (χ2n) is 4.75. The highest BCUT2D eigenvalue weighted by molar-refractivity contribution is 7.89. The Morgan fingerprint density at radius 3 is 2.38 bits per heavy atom. The Balaban J connectivity index is 2.04. The van der Waals surface area contributed by atoms with Crippen LogP contribution in [0.3, 0.4) is 0 Å². The van der Waals surface area contributed by atoms with Gasteiger partial charge in [0.2, 0.25) is 15.9 Å². The maximum atomic E-state index is 12.1. The molecule has 0 aliphatic carbocycles. The fourth-order valence-corrected chi connectivity index (χ4v) is 2.95. The number of methoxy groups -OCH3 is 2. The molecule has 0 aromatic heterocycles. The highest BCUT2D eigenvalue weighted by Gasteiger charge is 2.16. The monoisotopic (exact) mass is 350 g/mol. The molecule has 2 aromatic rings. The van der Waals surface area contributed by atoms with Crippen LogP contribution in [0, 0.1) is 0 Å². The molecule has 0 unspecified atom stereocenters. The Morgan fingerprint density at radius 2 is 1.75 bits per heavy atom. The summed E-state index contributed by atoms with van der Waals surface area (Å²) < 4.78 is 36.6. The van der Waals surface area contributed by atoms with Crippen molar-refractivity contribution in [2.45, 2.75) is 4.90 Å². The minimum absolute atomic E-state index is 0.0942. The van der Waals surface area contributed by atoms with E-state index >= 15 is 0 Å². The van der Waals surface area contributed by atoms with Gasteiger partial charge in [0.25, 0.3) is 0 Å². The van der Waals surface area contributed by atoms with Crippen molar-refractivity contribution in [1.29, 1.82) is 0 Å². The lowest BCUT2D eigenvalue weighted by Crippen LogP contribution is -2.33. The van der Waals surface area contributed by atoms with Crippen LogP contribution in [0.2, 0.25) is 0 Å². The van der Waals surface area contributed by atoms with E-state index in [2.05, 4.69) is 10.0 Å². The number of anilines is 1. The number of hydrogen-bond donors (Lipinski definition) is 2. The molecule has 8 heteroatoms. The minimum atomic E-state index is -3.74. The summed E-state index contributed by atoms with van der Waals surface area (Å²) in [7, 11) is -0.774. The van der Waals surface area contributed by atoms with Gasteiger partial charge in [0.05, 0.1) is 31.3 Å². The molecule has 24 heavy (non-hydrogen) atoms. The van der Waals surface area contributed by atoms with Gasteiger partial charge in [-0.05, 0) is 24.3 Å². The standard InChI is InChI=1S/C16H18N2O5S/c1-22-12-8-9-15(23-2)14(10-12)18-16(19)11-17-24(20,21)13-6-4-3-5-7-13/h3-10,17H,11H2,1-2H3,(H,18,19). The number of rotatable bonds is 7. The quantitative estimate of drug-likeness (QED) is 0.791. The molecule has 0 aliphatic rings. The van der Waals surface area contributed by atoms with Crippen molar-refractivity contribution in [2.75, 3.05) is 26.1 Å². The molecule has 128 valence electrons. The first-order chi connectivity index (χ1) is 11.5. The zero-order valence-electron chi connectivity index (χ0n) is 13.3. The van der Waals surface area contributed by atoms with E-state index in [0.717, 1.165) is 0 Å². The third-order valence-electron chi connectivity index (χ3n) is 3.16. The van der Waals surface area contributed by atoms with Gasteiger partial charge in [0.15, 0.2) is 0 Å².